The number of nitrogen functional groups attached to an aromatic ring is 1. The molecule has 1 fully saturated rings. The monoisotopic (exact) mass is 681 g/mol. The minimum Gasteiger partial charge on any atom is -0.383 e. The second kappa shape index (κ2) is 13.0. The van der Waals surface area contributed by atoms with Crippen molar-refractivity contribution in [3.05, 3.63) is 114 Å². The van der Waals surface area contributed by atoms with Crippen LogP contribution in [0.15, 0.2) is 108 Å². The predicted molar refractivity (Wildman–Crippen MR) is 197 cm³/mol. The van der Waals surface area contributed by atoms with E-state index in [1.165, 1.54) is 17.3 Å². The van der Waals surface area contributed by atoms with Gasteiger partial charge >= 0.3 is 0 Å². The molecule has 2 aliphatic rings. The Bertz CT molecular complexity index is 2230. The number of benzene rings is 3. The van der Waals surface area contributed by atoms with Crippen LogP contribution in [0.4, 0.5) is 11.5 Å². The first-order chi connectivity index (χ1) is 24.3. The van der Waals surface area contributed by atoms with E-state index in [1.807, 2.05) is 60.7 Å². The molecular formula is C38H35N9O2S. The molecule has 1 unspecified atom stereocenters. The molecule has 250 valence electrons. The first kappa shape index (κ1) is 31.5. The first-order valence-electron chi connectivity index (χ1n) is 16.5. The van der Waals surface area contributed by atoms with Gasteiger partial charge in [-0.15, -0.1) is 0 Å². The zero-order chi connectivity index (χ0) is 34.4. The van der Waals surface area contributed by atoms with Crippen molar-refractivity contribution in [3.63, 3.8) is 0 Å². The van der Waals surface area contributed by atoms with Crippen LogP contribution in [-0.2, 0) is 11.3 Å². The number of primary amides is 2. The number of pyridine rings is 2. The molecule has 0 bridgehead atoms. The first-order valence-corrected chi connectivity index (χ1v) is 17.4. The Labute approximate surface area is 293 Å². The topological polar surface area (TPSA) is 162 Å². The van der Waals surface area contributed by atoms with Gasteiger partial charge < -0.3 is 22.1 Å². The Morgan fingerprint density at radius 1 is 0.860 bits per heavy atom. The number of hydrogen-bond acceptors (Lipinski definition) is 9. The van der Waals surface area contributed by atoms with Gasteiger partial charge in [-0.3, -0.25) is 19.1 Å². The molecule has 3 aromatic heterocycles. The summed E-state index contributed by atoms with van der Waals surface area (Å²) < 4.78 is 2.05. The summed E-state index contributed by atoms with van der Waals surface area (Å²) in [5.74, 6) is 0.199. The molecule has 6 aromatic rings. The Morgan fingerprint density at radius 2 is 1.64 bits per heavy atom. The Morgan fingerprint density at radius 3 is 2.36 bits per heavy atom. The maximum atomic E-state index is 12.5. The number of anilines is 2. The average Bonchev–Trinajstić information content (AvgIpc) is 3.71. The molecule has 2 amide bonds. The summed E-state index contributed by atoms with van der Waals surface area (Å²) in [7, 11) is 0. The van der Waals surface area contributed by atoms with Gasteiger partial charge in [0.15, 0.2) is 16.8 Å². The lowest BCUT2D eigenvalue weighted by Gasteiger charge is -2.39. The van der Waals surface area contributed by atoms with E-state index in [-0.39, 0.29) is 11.9 Å². The number of nitrogens with zero attached hydrogens (tertiary/aromatic N) is 6. The van der Waals surface area contributed by atoms with E-state index in [9.17, 15) is 9.59 Å². The molecule has 0 saturated carbocycles. The third kappa shape index (κ3) is 5.82. The molecule has 5 heterocycles. The molecule has 8 rings (SSSR count). The van der Waals surface area contributed by atoms with Crippen molar-refractivity contribution in [1.29, 1.82) is 0 Å². The van der Waals surface area contributed by atoms with Gasteiger partial charge in [-0.25, -0.2) is 15.0 Å². The largest absolute Gasteiger partial charge is 0.383 e. The van der Waals surface area contributed by atoms with Crippen LogP contribution in [0.3, 0.4) is 0 Å². The summed E-state index contributed by atoms with van der Waals surface area (Å²) in [5.41, 5.74) is 25.3. The maximum absolute atomic E-state index is 12.5. The number of rotatable bonds is 8. The van der Waals surface area contributed by atoms with E-state index < -0.39 is 11.3 Å². The molecule has 0 radical (unpaired) electrons. The van der Waals surface area contributed by atoms with Gasteiger partial charge in [0, 0.05) is 53.6 Å². The van der Waals surface area contributed by atoms with Crippen molar-refractivity contribution in [1.82, 2.24) is 24.4 Å². The lowest BCUT2D eigenvalue weighted by molar-refractivity contribution is -0.117. The smallest absolute Gasteiger partial charge is 0.251 e. The van der Waals surface area contributed by atoms with Gasteiger partial charge in [0.2, 0.25) is 5.91 Å². The van der Waals surface area contributed by atoms with E-state index in [4.69, 9.17) is 27.2 Å². The Kier molecular flexibility index (Phi) is 8.17. The fraction of sp³-hybridized carbons (Fsp3) is 0.184. The molecule has 50 heavy (non-hydrogen) atoms. The summed E-state index contributed by atoms with van der Waals surface area (Å²) >= 11 is 1.43. The molecule has 0 spiro atoms. The number of imidazole rings is 1. The number of hydrogen-bond donors (Lipinski definition) is 3. The molecule has 1 saturated heterocycles. The van der Waals surface area contributed by atoms with Crippen LogP contribution in [0.5, 0.6) is 0 Å². The second-order valence-corrected chi connectivity index (χ2v) is 13.7. The van der Waals surface area contributed by atoms with Crippen molar-refractivity contribution < 1.29 is 9.59 Å². The summed E-state index contributed by atoms with van der Waals surface area (Å²) in [4.78, 5) is 44.2. The minimum atomic E-state index is -0.512. The number of thioether (sulfide) groups is 1. The highest BCUT2D eigenvalue weighted by molar-refractivity contribution is 8.01. The van der Waals surface area contributed by atoms with Gasteiger partial charge in [0.25, 0.3) is 5.91 Å². The fourth-order valence-corrected chi connectivity index (χ4v) is 8.17. The van der Waals surface area contributed by atoms with Crippen molar-refractivity contribution in [2.75, 3.05) is 23.7 Å². The number of nitrogens with two attached hydrogens (primary N) is 3. The normalized spacial score (nSPS) is 16.5. The van der Waals surface area contributed by atoms with Crippen LogP contribution in [0, 0.1) is 0 Å². The molecule has 1 atom stereocenters. The summed E-state index contributed by atoms with van der Waals surface area (Å²) in [6.45, 7) is 2.49. The number of carbonyl (C=O) groups is 2. The summed E-state index contributed by atoms with van der Waals surface area (Å²) in [6, 6.07) is 31.8. The van der Waals surface area contributed by atoms with Crippen molar-refractivity contribution in [2.24, 2.45) is 11.5 Å². The fourth-order valence-electron chi connectivity index (χ4n) is 6.98. The highest BCUT2D eigenvalue weighted by Gasteiger charge is 2.39. The highest BCUT2D eigenvalue weighted by atomic mass is 32.2. The van der Waals surface area contributed by atoms with E-state index in [0.29, 0.717) is 17.2 Å². The molecule has 0 aliphatic carbocycles. The second-order valence-electron chi connectivity index (χ2n) is 12.6. The van der Waals surface area contributed by atoms with Gasteiger partial charge in [-0.05, 0) is 73.0 Å². The van der Waals surface area contributed by atoms with Crippen molar-refractivity contribution >= 4 is 46.2 Å². The van der Waals surface area contributed by atoms with Crippen LogP contribution in [0.25, 0.3) is 39.5 Å². The average molecular weight is 682 g/mol. The highest BCUT2D eigenvalue weighted by Crippen LogP contribution is 2.46. The molecular weight excluding hydrogens is 647 g/mol. The zero-order valence-corrected chi connectivity index (χ0v) is 28.0. The number of fused-ring (bicyclic) bond motifs is 2. The Hall–Kier alpha value is -5.72. The molecule has 2 aliphatic heterocycles. The molecule has 3 aromatic carbocycles. The lowest BCUT2D eigenvalue weighted by Crippen LogP contribution is -2.50. The van der Waals surface area contributed by atoms with Gasteiger partial charge in [-0.1, -0.05) is 54.2 Å². The maximum Gasteiger partial charge on any atom is 0.251 e. The van der Waals surface area contributed by atoms with Gasteiger partial charge in [0.1, 0.15) is 11.3 Å². The van der Waals surface area contributed by atoms with Crippen LogP contribution < -0.4 is 22.1 Å². The predicted octanol–water partition coefficient (Wildman–Crippen LogP) is 5.22. The number of amides is 2. The van der Waals surface area contributed by atoms with Crippen molar-refractivity contribution in [3.8, 4) is 28.3 Å². The van der Waals surface area contributed by atoms with Crippen LogP contribution >= 0.6 is 11.8 Å². The lowest BCUT2D eigenvalue weighted by atomic mass is 10.0. The zero-order valence-electron chi connectivity index (χ0n) is 27.1. The van der Waals surface area contributed by atoms with Crippen LogP contribution in [-0.4, -0.2) is 60.7 Å². The summed E-state index contributed by atoms with van der Waals surface area (Å²) in [6.07, 6.45) is 3.39. The molecule has 12 heteroatoms. The number of piperidine rings is 1. The number of likely N-dealkylation sites (tertiary alicyclic amines) is 1. The minimum absolute atomic E-state index is 0.115. The van der Waals surface area contributed by atoms with Gasteiger partial charge in [0.05, 0.1) is 16.9 Å². The number of aromatic nitrogens is 4. The van der Waals surface area contributed by atoms with E-state index in [0.717, 1.165) is 76.7 Å². The van der Waals surface area contributed by atoms with E-state index in [1.54, 1.807) is 18.3 Å². The standard InChI is InChI=1S/C38H35N9O2S/c39-33-28(7-4-18-42-33)36-44-30-14-13-29(24-5-2-1-3-6-24)43-37(30)47(36)26-11-8-23(9-12-26)22-45-19-16-27(17-20-45)46-31-21-25(34(40)48)10-15-32(31)50-38(46)35(41)49/h1-15,18,21,27,38H,16-17,19-20,22H2,(H2,39,42)(H2,40,48)(H2,41,49). The summed E-state index contributed by atoms with van der Waals surface area (Å²) in [5, 5.41) is -0.512. The Balaban J connectivity index is 1.04. The quantitative estimate of drug-likeness (QED) is 0.196. The van der Waals surface area contributed by atoms with Crippen LogP contribution in [0.1, 0.15) is 28.8 Å². The van der Waals surface area contributed by atoms with E-state index >= 15 is 0 Å². The van der Waals surface area contributed by atoms with Crippen molar-refractivity contribution in [2.45, 2.75) is 35.7 Å². The SMILES string of the molecule is NC(=O)c1ccc2c(c1)N(C1CCN(Cc3ccc(-n4c(-c5cccnc5N)nc5ccc(-c6ccccc6)nc54)cc3)CC1)C(C(N)=O)S2. The van der Waals surface area contributed by atoms with Crippen LogP contribution in [0.2, 0.25) is 0 Å². The molecule has 6 N–H and O–H groups in total. The number of carbonyl (C=O) groups excluding carboxylic acids is 2. The third-order valence-electron chi connectivity index (χ3n) is 9.46. The molecule has 11 nitrogen and oxygen atoms in total. The van der Waals surface area contributed by atoms with Gasteiger partial charge in [-0.2, -0.15) is 0 Å². The van der Waals surface area contributed by atoms with E-state index in [2.05, 4.69) is 43.6 Å². The third-order valence-corrected chi connectivity index (χ3v) is 10.7.